The van der Waals surface area contributed by atoms with E-state index in [9.17, 15) is 10.1 Å². The van der Waals surface area contributed by atoms with Gasteiger partial charge in [0.2, 0.25) is 5.13 Å². The summed E-state index contributed by atoms with van der Waals surface area (Å²) in [7, 11) is 0. The Morgan fingerprint density at radius 2 is 1.59 bits per heavy atom. The van der Waals surface area contributed by atoms with Crippen LogP contribution in [0.1, 0.15) is 27.3 Å². The first-order valence-corrected chi connectivity index (χ1v) is 8.80. The molecule has 0 unspecified atom stereocenters. The maximum absolute atomic E-state index is 12.2. The minimum Gasteiger partial charge on any atom is -0.296 e. The van der Waals surface area contributed by atoms with E-state index in [4.69, 9.17) is 5.26 Å². The molecule has 0 aliphatic rings. The molecule has 0 saturated carbocycles. The molecular weight excluding hydrogens is 358 g/mol. The van der Waals surface area contributed by atoms with Gasteiger partial charge in [-0.15, -0.1) is 10.2 Å². The molecule has 27 heavy (non-hydrogen) atoms. The van der Waals surface area contributed by atoms with Gasteiger partial charge in [0.1, 0.15) is 6.07 Å². The second-order valence-electron chi connectivity index (χ2n) is 5.40. The Balaban J connectivity index is 1.92. The van der Waals surface area contributed by atoms with Crippen molar-refractivity contribution in [2.75, 3.05) is 5.32 Å². The number of amides is 1. The molecule has 3 rings (SSSR count). The van der Waals surface area contributed by atoms with E-state index < -0.39 is 0 Å². The van der Waals surface area contributed by atoms with Crippen molar-refractivity contribution in [3.05, 3.63) is 76.8 Å². The molecule has 2 aromatic carbocycles. The summed E-state index contributed by atoms with van der Waals surface area (Å²) in [5, 5.41) is 30.1. The molecule has 7 heteroatoms. The van der Waals surface area contributed by atoms with Crippen LogP contribution in [0.3, 0.4) is 0 Å². The van der Waals surface area contributed by atoms with Gasteiger partial charge in [-0.2, -0.15) is 10.5 Å². The summed E-state index contributed by atoms with van der Waals surface area (Å²) in [5.74, 6) is -0.305. The highest BCUT2D eigenvalue weighted by molar-refractivity contribution is 7.16. The Kier molecular flexibility index (Phi) is 5.68. The zero-order valence-corrected chi connectivity index (χ0v) is 14.9. The molecule has 1 heterocycles. The third kappa shape index (κ3) is 4.24. The number of carbonyl (C=O) groups is 1. The summed E-state index contributed by atoms with van der Waals surface area (Å²) < 4.78 is 0. The highest BCUT2D eigenvalue weighted by Gasteiger charge is 2.17. The minimum atomic E-state index is -0.305. The zero-order valence-electron chi connectivity index (χ0n) is 14.1. The molecular formula is C20H13N5OS. The van der Waals surface area contributed by atoms with Gasteiger partial charge in [0.15, 0.2) is 5.01 Å². The third-order valence-corrected chi connectivity index (χ3v) is 4.54. The fourth-order valence-electron chi connectivity index (χ4n) is 2.43. The van der Waals surface area contributed by atoms with E-state index in [0.717, 1.165) is 16.9 Å². The van der Waals surface area contributed by atoms with Crippen LogP contribution in [0.2, 0.25) is 0 Å². The molecule has 3 aromatic rings. The van der Waals surface area contributed by atoms with Gasteiger partial charge >= 0.3 is 0 Å². The first kappa shape index (κ1) is 18.0. The summed E-state index contributed by atoms with van der Waals surface area (Å²) in [5.41, 5.74) is 2.14. The number of nitrogens with zero attached hydrogens (tertiary/aromatic N) is 4. The number of rotatable bonds is 5. The highest BCUT2D eigenvalue weighted by atomic mass is 32.1. The van der Waals surface area contributed by atoms with Crippen molar-refractivity contribution in [2.24, 2.45) is 0 Å². The molecule has 1 N–H and O–H groups in total. The van der Waals surface area contributed by atoms with Crippen LogP contribution in [0.5, 0.6) is 0 Å². The van der Waals surface area contributed by atoms with Crippen LogP contribution in [-0.2, 0) is 0 Å². The fourth-order valence-corrected chi connectivity index (χ4v) is 3.19. The van der Waals surface area contributed by atoms with E-state index in [-0.39, 0.29) is 23.0 Å². The number of hydrogen-bond donors (Lipinski definition) is 1. The lowest BCUT2D eigenvalue weighted by atomic mass is 9.98. The molecule has 1 amide bonds. The number of allylic oxidation sites excluding steroid dienone is 2. The molecule has 130 valence electrons. The van der Waals surface area contributed by atoms with Crippen molar-refractivity contribution in [2.45, 2.75) is 6.42 Å². The van der Waals surface area contributed by atoms with Crippen LogP contribution >= 0.6 is 11.3 Å². The number of anilines is 1. The van der Waals surface area contributed by atoms with Crippen LogP contribution < -0.4 is 5.32 Å². The molecule has 0 fully saturated rings. The average molecular weight is 371 g/mol. The number of aromatic nitrogens is 2. The van der Waals surface area contributed by atoms with E-state index >= 15 is 0 Å². The molecule has 0 bridgehead atoms. The largest absolute Gasteiger partial charge is 0.296 e. The summed E-state index contributed by atoms with van der Waals surface area (Å²) in [6.45, 7) is 0. The molecule has 0 aliphatic heterocycles. The summed E-state index contributed by atoms with van der Waals surface area (Å²) in [4.78, 5) is 12.2. The van der Waals surface area contributed by atoms with Crippen LogP contribution in [0.15, 0.2) is 60.7 Å². The Morgan fingerprint density at radius 3 is 2.19 bits per heavy atom. The van der Waals surface area contributed by atoms with Crippen molar-refractivity contribution in [1.82, 2.24) is 10.2 Å². The number of carbonyl (C=O) groups excluding carboxylic acids is 1. The number of benzene rings is 2. The first-order valence-electron chi connectivity index (χ1n) is 7.99. The first-order chi connectivity index (χ1) is 13.2. The van der Waals surface area contributed by atoms with E-state index in [1.165, 1.54) is 0 Å². The lowest BCUT2D eigenvalue weighted by Crippen LogP contribution is -2.11. The normalized spacial score (nSPS) is 11.0. The van der Waals surface area contributed by atoms with Gasteiger partial charge in [-0.05, 0) is 23.3 Å². The Bertz CT molecular complexity index is 1060. The second-order valence-corrected chi connectivity index (χ2v) is 6.38. The van der Waals surface area contributed by atoms with Gasteiger partial charge in [0.25, 0.3) is 5.91 Å². The molecule has 6 nitrogen and oxygen atoms in total. The summed E-state index contributed by atoms with van der Waals surface area (Å²) >= 11 is 1.09. The van der Waals surface area contributed by atoms with Gasteiger partial charge in [0.05, 0.1) is 18.1 Å². The van der Waals surface area contributed by atoms with Crippen molar-refractivity contribution in [3.8, 4) is 12.1 Å². The van der Waals surface area contributed by atoms with E-state index in [0.29, 0.717) is 16.1 Å². The summed E-state index contributed by atoms with van der Waals surface area (Å²) in [6.07, 6.45) is 0.0677. The SMILES string of the molecule is N#CC/C(=C(/C#N)c1nnc(NC(=O)c2ccccc2)s1)c1ccccc1. The van der Waals surface area contributed by atoms with Gasteiger partial charge < -0.3 is 0 Å². The number of nitrogens with one attached hydrogen (secondary N) is 1. The zero-order chi connectivity index (χ0) is 19.1. The van der Waals surface area contributed by atoms with Gasteiger partial charge in [0, 0.05) is 5.56 Å². The second kappa shape index (κ2) is 8.52. The quantitative estimate of drug-likeness (QED) is 0.679. The fraction of sp³-hybridized carbons (Fsp3) is 0.0500. The molecule has 1 aromatic heterocycles. The Hall–Kier alpha value is -3.81. The van der Waals surface area contributed by atoms with Crippen molar-refractivity contribution < 1.29 is 4.79 Å². The Labute approximate surface area is 160 Å². The van der Waals surface area contributed by atoms with Crippen LogP contribution in [0, 0.1) is 22.7 Å². The predicted molar refractivity (Wildman–Crippen MR) is 103 cm³/mol. The standard InChI is InChI=1S/C20H13N5OS/c21-12-11-16(14-7-3-1-4-8-14)17(13-22)19-24-25-20(27-19)23-18(26)15-9-5-2-6-10-15/h1-10H,11H2,(H,23,25,26)/b17-16+. The lowest BCUT2D eigenvalue weighted by Gasteiger charge is -2.05. The van der Waals surface area contributed by atoms with Crippen molar-refractivity contribution >= 4 is 33.5 Å². The topological polar surface area (TPSA) is 102 Å². The Morgan fingerprint density at radius 1 is 0.963 bits per heavy atom. The molecule has 0 atom stereocenters. The van der Waals surface area contributed by atoms with Gasteiger partial charge in [-0.1, -0.05) is 59.9 Å². The highest BCUT2D eigenvalue weighted by Crippen LogP contribution is 2.31. The van der Waals surface area contributed by atoms with Gasteiger partial charge in [-0.25, -0.2) is 0 Å². The molecule has 0 spiro atoms. The van der Waals surface area contributed by atoms with Crippen LogP contribution in [0.25, 0.3) is 11.1 Å². The maximum atomic E-state index is 12.2. The number of hydrogen-bond acceptors (Lipinski definition) is 6. The van der Waals surface area contributed by atoms with Gasteiger partial charge in [-0.3, -0.25) is 10.1 Å². The van der Waals surface area contributed by atoms with E-state index in [1.54, 1.807) is 24.3 Å². The average Bonchev–Trinajstić information content (AvgIpc) is 3.17. The smallest absolute Gasteiger partial charge is 0.257 e. The predicted octanol–water partition coefficient (Wildman–Crippen LogP) is 4.14. The lowest BCUT2D eigenvalue weighted by molar-refractivity contribution is 0.102. The number of nitriles is 2. The third-order valence-electron chi connectivity index (χ3n) is 3.69. The monoisotopic (exact) mass is 371 g/mol. The molecule has 0 saturated heterocycles. The van der Waals surface area contributed by atoms with Crippen LogP contribution in [0.4, 0.5) is 5.13 Å². The van der Waals surface area contributed by atoms with E-state index in [1.807, 2.05) is 36.4 Å². The van der Waals surface area contributed by atoms with E-state index in [2.05, 4.69) is 27.7 Å². The van der Waals surface area contributed by atoms with Crippen molar-refractivity contribution in [1.29, 1.82) is 10.5 Å². The van der Waals surface area contributed by atoms with Crippen LogP contribution in [-0.4, -0.2) is 16.1 Å². The summed E-state index contributed by atoms with van der Waals surface area (Å²) in [6, 6.07) is 22.2. The minimum absolute atomic E-state index is 0.0677. The maximum Gasteiger partial charge on any atom is 0.257 e. The molecule has 0 radical (unpaired) electrons. The van der Waals surface area contributed by atoms with Crippen molar-refractivity contribution in [3.63, 3.8) is 0 Å². The molecule has 0 aliphatic carbocycles.